The van der Waals surface area contributed by atoms with Crippen LogP contribution in [0.1, 0.15) is 6.42 Å². The lowest BCUT2D eigenvalue weighted by Gasteiger charge is -2.13. The Labute approximate surface area is 150 Å². The number of ether oxygens (including phenoxy) is 2. The van der Waals surface area contributed by atoms with Crippen LogP contribution in [0.4, 0.5) is 4.79 Å². The lowest BCUT2D eigenvalue weighted by Crippen LogP contribution is -2.21. The second-order valence-electron chi connectivity index (χ2n) is 6.50. The van der Waals surface area contributed by atoms with Crippen molar-refractivity contribution in [2.24, 2.45) is 5.73 Å². The Morgan fingerprint density at radius 1 is 1.23 bits per heavy atom. The molecule has 7 heteroatoms. The van der Waals surface area contributed by atoms with E-state index in [1.54, 1.807) is 18.2 Å². The zero-order valence-electron chi connectivity index (χ0n) is 14.4. The van der Waals surface area contributed by atoms with Gasteiger partial charge in [0.2, 0.25) is 0 Å². The van der Waals surface area contributed by atoms with Crippen molar-refractivity contribution >= 4 is 17.1 Å². The van der Waals surface area contributed by atoms with Crippen molar-refractivity contribution in [3.05, 3.63) is 42.5 Å². The van der Waals surface area contributed by atoms with E-state index in [0.717, 1.165) is 42.2 Å². The molecule has 1 amide bonds. The van der Waals surface area contributed by atoms with E-state index in [-0.39, 0.29) is 6.10 Å². The number of aromatic amines is 1. The zero-order valence-corrected chi connectivity index (χ0v) is 14.4. The summed E-state index contributed by atoms with van der Waals surface area (Å²) >= 11 is 0. The van der Waals surface area contributed by atoms with Crippen molar-refractivity contribution in [2.45, 2.75) is 12.5 Å². The van der Waals surface area contributed by atoms with Crippen LogP contribution >= 0.6 is 0 Å². The van der Waals surface area contributed by atoms with Gasteiger partial charge in [0, 0.05) is 24.7 Å². The number of hydrogen-bond donors (Lipinski definition) is 2. The van der Waals surface area contributed by atoms with Crippen LogP contribution in [-0.4, -0.2) is 47.2 Å². The number of nitrogens with zero attached hydrogens (tertiary/aromatic N) is 2. The van der Waals surface area contributed by atoms with Gasteiger partial charge >= 0.3 is 6.09 Å². The Balaban J connectivity index is 1.52. The van der Waals surface area contributed by atoms with Gasteiger partial charge in [0.1, 0.15) is 23.4 Å². The highest BCUT2D eigenvalue weighted by Gasteiger charge is 2.20. The molecule has 1 fully saturated rings. The number of amides is 1. The lowest BCUT2D eigenvalue weighted by molar-refractivity contribution is 0.208. The average Bonchev–Trinajstić information content (AvgIpc) is 3.20. The number of carbonyl (C=O) groups excluding carboxylic acids is 1. The molecule has 0 radical (unpaired) electrons. The first-order chi connectivity index (χ1) is 12.6. The summed E-state index contributed by atoms with van der Waals surface area (Å²) in [5, 5.41) is 0. The van der Waals surface area contributed by atoms with Gasteiger partial charge in [0.15, 0.2) is 0 Å². The maximum absolute atomic E-state index is 10.9. The first kappa shape index (κ1) is 16.4. The third-order valence-electron chi connectivity index (χ3n) is 4.45. The molecule has 4 rings (SSSR count). The molecule has 0 aliphatic carbocycles. The molecular formula is C19H20N4O3. The molecule has 1 aromatic heterocycles. The number of nitrogens with two attached hydrogens (primary N) is 1. The van der Waals surface area contributed by atoms with Crippen LogP contribution in [0.15, 0.2) is 42.5 Å². The van der Waals surface area contributed by atoms with Gasteiger partial charge in [-0.3, -0.25) is 0 Å². The number of carbonyl (C=O) groups is 1. The summed E-state index contributed by atoms with van der Waals surface area (Å²) in [6.45, 7) is 2.03. The minimum atomic E-state index is -0.843. The summed E-state index contributed by atoms with van der Waals surface area (Å²) in [6, 6.07) is 13.0. The number of nitrogens with one attached hydrogen (secondary N) is 1. The van der Waals surface area contributed by atoms with Crippen molar-refractivity contribution in [3.63, 3.8) is 0 Å². The maximum Gasteiger partial charge on any atom is 0.409 e. The van der Waals surface area contributed by atoms with Crippen LogP contribution in [0.2, 0.25) is 0 Å². The minimum absolute atomic E-state index is 0.251. The second kappa shape index (κ2) is 6.68. The molecule has 0 bridgehead atoms. The van der Waals surface area contributed by atoms with Crippen LogP contribution in [0.5, 0.6) is 11.5 Å². The van der Waals surface area contributed by atoms with Crippen LogP contribution in [0.3, 0.4) is 0 Å². The van der Waals surface area contributed by atoms with E-state index in [1.807, 2.05) is 24.3 Å². The number of imidazole rings is 1. The normalized spacial score (nSPS) is 17.5. The Bertz CT molecular complexity index is 936. The average molecular weight is 352 g/mol. The summed E-state index contributed by atoms with van der Waals surface area (Å²) in [6.07, 6.45) is 0.460. The number of likely N-dealkylation sites (N-methyl/N-ethyl adjacent to an activating group) is 1. The van der Waals surface area contributed by atoms with E-state index in [4.69, 9.17) is 15.2 Å². The van der Waals surface area contributed by atoms with E-state index in [2.05, 4.69) is 21.9 Å². The number of hydrogen-bond acceptors (Lipinski definition) is 5. The number of rotatable bonds is 4. The quantitative estimate of drug-likeness (QED) is 0.753. The highest BCUT2D eigenvalue weighted by Crippen LogP contribution is 2.26. The fourth-order valence-corrected chi connectivity index (χ4v) is 3.18. The van der Waals surface area contributed by atoms with Gasteiger partial charge in [0.05, 0.1) is 11.0 Å². The van der Waals surface area contributed by atoms with E-state index in [9.17, 15) is 4.79 Å². The van der Waals surface area contributed by atoms with Crippen LogP contribution in [0.25, 0.3) is 22.4 Å². The van der Waals surface area contributed by atoms with E-state index < -0.39 is 6.09 Å². The molecule has 0 spiro atoms. The highest BCUT2D eigenvalue weighted by molar-refractivity contribution is 5.81. The Morgan fingerprint density at radius 2 is 2.00 bits per heavy atom. The summed E-state index contributed by atoms with van der Waals surface area (Å²) in [5.41, 5.74) is 7.55. The van der Waals surface area contributed by atoms with Crippen molar-refractivity contribution in [2.75, 3.05) is 20.1 Å². The zero-order chi connectivity index (χ0) is 18.1. The molecule has 1 unspecified atom stereocenters. The van der Waals surface area contributed by atoms with Crippen molar-refractivity contribution in [1.29, 1.82) is 0 Å². The molecule has 2 aromatic carbocycles. The number of benzene rings is 2. The number of H-pyrrole nitrogens is 1. The smallest absolute Gasteiger partial charge is 0.409 e. The molecule has 0 saturated carbocycles. The monoisotopic (exact) mass is 352 g/mol. The van der Waals surface area contributed by atoms with Gasteiger partial charge in [-0.1, -0.05) is 0 Å². The first-order valence-electron chi connectivity index (χ1n) is 8.49. The third-order valence-corrected chi connectivity index (χ3v) is 4.45. The molecule has 3 aromatic rings. The predicted molar refractivity (Wildman–Crippen MR) is 98.3 cm³/mol. The summed E-state index contributed by atoms with van der Waals surface area (Å²) in [4.78, 5) is 20.9. The number of primary amides is 1. The van der Waals surface area contributed by atoms with Gasteiger partial charge in [-0.15, -0.1) is 0 Å². The van der Waals surface area contributed by atoms with Gasteiger partial charge in [0.25, 0.3) is 0 Å². The second-order valence-corrected chi connectivity index (χ2v) is 6.50. The number of likely N-dealkylation sites (tertiary alicyclic amines) is 1. The van der Waals surface area contributed by atoms with Crippen LogP contribution in [-0.2, 0) is 0 Å². The molecule has 1 saturated heterocycles. The summed E-state index contributed by atoms with van der Waals surface area (Å²) in [7, 11) is 2.11. The first-order valence-corrected chi connectivity index (χ1v) is 8.49. The molecule has 26 heavy (non-hydrogen) atoms. The van der Waals surface area contributed by atoms with Gasteiger partial charge in [-0.2, -0.15) is 0 Å². The van der Waals surface area contributed by atoms with Crippen molar-refractivity contribution in [3.8, 4) is 22.9 Å². The van der Waals surface area contributed by atoms with E-state index >= 15 is 0 Å². The lowest BCUT2D eigenvalue weighted by atomic mass is 10.2. The minimum Gasteiger partial charge on any atom is -0.489 e. The molecule has 2 heterocycles. The molecule has 1 aliphatic rings. The van der Waals surface area contributed by atoms with Crippen molar-refractivity contribution < 1.29 is 14.3 Å². The van der Waals surface area contributed by atoms with Gasteiger partial charge < -0.3 is 25.1 Å². The number of fused-ring (bicyclic) bond motifs is 1. The molecule has 7 nitrogen and oxygen atoms in total. The van der Waals surface area contributed by atoms with Gasteiger partial charge in [-0.05, 0) is 49.9 Å². The number of aromatic nitrogens is 2. The predicted octanol–water partition coefficient (Wildman–Crippen LogP) is 2.77. The molecule has 1 atom stereocenters. The SMILES string of the molecule is CN1CCC(Oc2ccc(-c3nc4cc(OC(N)=O)ccc4[nH]3)cc2)C1. The molecule has 3 N–H and O–H groups in total. The summed E-state index contributed by atoms with van der Waals surface area (Å²) in [5.74, 6) is 1.97. The fourth-order valence-electron chi connectivity index (χ4n) is 3.18. The topological polar surface area (TPSA) is 93.5 Å². The van der Waals surface area contributed by atoms with Gasteiger partial charge in [-0.25, -0.2) is 9.78 Å². The molecule has 1 aliphatic heterocycles. The maximum atomic E-state index is 10.9. The standard InChI is InChI=1S/C19H20N4O3/c1-23-9-8-15(11-23)25-13-4-2-12(3-5-13)18-21-16-7-6-14(26-19(20)24)10-17(16)22-18/h2-7,10,15H,8-9,11H2,1H3,(H2,20,24)(H,21,22). The Kier molecular flexibility index (Phi) is 4.22. The largest absolute Gasteiger partial charge is 0.489 e. The third kappa shape index (κ3) is 3.48. The van der Waals surface area contributed by atoms with Crippen LogP contribution in [0, 0.1) is 0 Å². The van der Waals surface area contributed by atoms with Crippen LogP contribution < -0.4 is 15.2 Å². The van der Waals surface area contributed by atoms with E-state index in [0.29, 0.717) is 11.3 Å². The Hall–Kier alpha value is -3.06. The Morgan fingerprint density at radius 3 is 2.69 bits per heavy atom. The van der Waals surface area contributed by atoms with E-state index in [1.165, 1.54) is 0 Å². The molecular weight excluding hydrogens is 332 g/mol. The fraction of sp³-hybridized carbons (Fsp3) is 0.263. The van der Waals surface area contributed by atoms with Crippen molar-refractivity contribution in [1.82, 2.24) is 14.9 Å². The summed E-state index contributed by atoms with van der Waals surface area (Å²) < 4.78 is 10.9. The molecule has 134 valence electrons. The highest BCUT2D eigenvalue weighted by atomic mass is 16.5.